The van der Waals surface area contributed by atoms with Crippen molar-refractivity contribution >= 4 is 46.4 Å². The molecule has 2 aliphatic rings. The van der Waals surface area contributed by atoms with Crippen LogP contribution in [0.1, 0.15) is 11.1 Å². The molecular formula is C20H16N2O4S2. The van der Waals surface area contributed by atoms with Crippen LogP contribution in [-0.2, 0) is 16.0 Å². The third kappa shape index (κ3) is 4.52. The first-order valence-electron chi connectivity index (χ1n) is 8.60. The van der Waals surface area contributed by atoms with Crippen molar-refractivity contribution in [3.8, 4) is 11.5 Å². The van der Waals surface area contributed by atoms with Crippen LogP contribution in [0.2, 0.25) is 0 Å². The molecule has 2 aromatic carbocycles. The summed E-state index contributed by atoms with van der Waals surface area (Å²) in [5.74, 6) is 1.25. The van der Waals surface area contributed by atoms with Gasteiger partial charge in [-0.2, -0.15) is 0 Å². The highest BCUT2D eigenvalue weighted by atomic mass is 32.2. The van der Waals surface area contributed by atoms with Crippen molar-refractivity contribution in [3.63, 3.8) is 0 Å². The van der Waals surface area contributed by atoms with Gasteiger partial charge in [-0.3, -0.25) is 4.79 Å². The fourth-order valence-electron chi connectivity index (χ4n) is 2.85. The maximum atomic E-state index is 11.7. The lowest BCUT2D eigenvalue weighted by Gasteiger charge is -2.09. The van der Waals surface area contributed by atoms with Crippen molar-refractivity contribution in [2.75, 3.05) is 6.61 Å². The summed E-state index contributed by atoms with van der Waals surface area (Å²) >= 11 is 6.24. The van der Waals surface area contributed by atoms with Gasteiger partial charge in [0.15, 0.2) is 0 Å². The minimum atomic E-state index is -0.362. The molecule has 2 fully saturated rings. The Hall–Kier alpha value is -2.84. The number of rotatable bonds is 5. The third-order valence-corrected chi connectivity index (χ3v) is 5.36. The van der Waals surface area contributed by atoms with Gasteiger partial charge in [0.05, 0.1) is 10.9 Å². The molecule has 0 spiro atoms. The van der Waals surface area contributed by atoms with E-state index in [0.29, 0.717) is 28.0 Å². The second-order valence-corrected chi connectivity index (χ2v) is 8.03. The van der Waals surface area contributed by atoms with Crippen LogP contribution < -0.4 is 15.4 Å². The molecule has 2 heterocycles. The molecule has 0 aromatic heterocycles. The van der Waals surface area contributed by atoms with Crippen LogP contribution in [0.25, 0.3) is 6.08 Å². The first-order chi connectivity index (χ1) is 13.5. The topological polar surface area (TPSA) is 76.7 Å². The van der Waals surface area contributed by atoms with Crippen molar-refractivity contribution < 1.29 is 19.1 Å². The summed E-state index contributed by atoms with van der Waals surface area (Å²) in [6.45, 7) is 0.394. The molecule has 1 atom stereocenters. The van der Waals surface area contributed by atoms with Gasteiger partial charge in [-0.25, -0.2) is 4.79 Å². The number of ether oxygens (including phenoxy) is 2. The van der Waals surface area contributed by atoms with E-state index in [-0.39, 0.29) is 18.0 Å². The lowest BCUT2D eigenvalue weighted by atomic mass is 10.1. The number of thiocarbonyl (C=S) groups is 1. The van der Waals surface area contributed by atoms with E-state index >= 15 is 0 Å². The van der Waals surface area contributed by atoms with Crippen LogP contribution in [0, 0.1) is 0 Å². The summed E-state index contributed by atoms with van der Waals surface area (Å²) < 4.78 is 11.2. The van der Waals surface area contributed by atoms with E-state index in [2.05, 4.69) is 10.6 Å². The number of carbonyl (C=O) groups excluding carboxylic acids is 2. The standard InChI is InChI=1S/C20H16N2O4S2/c23-18-17(28-20(27)22-18)10-13-3-7-16(8-4-13)26-15-5-1-12(2-6-15)9-14-11-25-19(24)21-14/h1-8,10,14H,9,11H2,(H,21,24)(H,22,23,27)/b17-10+. The number of carbonyl (C=O) groups is 2. The summed E-state index contributed by atoms with van der Waals surface area (Å²) in [6, 6.07) is 15.2. The van der Waals surface area contributed by atoms with Gasteiger partial charge in [0.1, 0.15) is 22.4 Å². The quantitative estimate of drug-likeness (QED) is 0.577. The Morgan fingerprint density at radius 2 is 1.79 bits per heavy atom. The lowest BCUT2D eigenvalue weighted by molar-refractivity contribution is -0.115. The Labute approximate surface area is 171 Å². The molecule has 0 saturated carbocycles. The highest BCUT2D eigenvalue weighted by Gasteiger charge is 2.22. The SMILES string of the molecule is O=C1NC(Cc2ccc(Oc3ccc(/C=C4/SC(=S)NC4=O)cc3)cc2)CO1. The van der Waals surface area contributed by atoms with Crippen LogP contribution in [0.4, 0.5) is 4.79 Å². The monoisotopic (exact) mass is 412 g/mol. The maximum Gasteiger partial charge on any atom is 0.407 e. The summed E-state index contributed by atoms with van der Waals surface area (Å²) in [4.78, 5) is 23.4. The number of hydrogen-bond acceptors (Lipinski definition) is 6. The van der Waals surface area contributed by atoms with Crippen molar-refractivity contribution in [2.45, 2.75) is 12.5 Å². The van der Waals surface area contributed by atoms with Crippen LogP contribution in [-0.4, -0.2) is 29.0 Å². The summed E-state index contributed by atoms with van der Waals surface area (Å²) in [5.41, 5.74) is 1.99. The molecule has 0 aliphatic carbocycles. The van der Waals surface area contributed by atoms with Gasteiger partial charge < -0.3 is 20.1 Å². The fraction of sp³-hybridized carbons (Fsp3) is 0.150. The molecule has 8 heteroatoms. The van der Waals surface area contributed by atoms with E-state index < -0.39 is 0 Å². The Bertz CT molecular complexity index is 955. The Morgan fingerprint density at radius 3 is 2.36 bits per heavy atom. The van der Waals surface area contributed by atoms with Crippen molar-refractivity contribution in [2.24, 2.45) is 0 Å². The normalized spacial score (nSPS) is 20.1. The molecule has 2 amide bonds. The molecule has 2 aromatic rings. The van der Waals surface area contributed by atoms with Gasteiger partial charge in [0.2, 0.25) is 0 Å². The third-order valence-electron chi connectivity index (χ3n) is 4.20. The molecule has 4 rings (SSSR count). The first-order valence-corrected chi connectivity index (χ1v) is 9.83. The molecule has 142 valence electrons. The molecule has 0 radical (unpaired) electrons. The zero-order chi connectivity index (χ0) is 19.5. The minimum absolute atomic E-state index is 0.00963. The maximum absolute atomic E-state index is 11.7. The Kier molecular flexibility index (Phi) is 5.31. The Balaban J connectivity index is 1.36. The molecule has 6 nitrogen and oxygen atoms in total. The van der Waals surface area contributed by atoms with Gasteiger partial charge in [-0.15, -0.1) is 0 Å². The molecule has 2 N–H and O–H groups in total. The van der Waals surface area contributed by atoms with E-state index in [1.807, 2.05) is 48.5 Å². The zero-order valence-corrected chi connectivity index (χ0v) is 16.3. The number of hydrogen-bond donors (Lipinski definition) is 2. The van der Waals surface area contributed by atoms with Gasteiger partial charge in [-0.05, 0) is 47.9 Å². The van der Waals surface area contributed by atoms with Crippen LogP contribution in [0.5, 0.6) is 11.5 Å². The average molecular weight is 412 g/mol. The molecule has 2 aliphatic heterocycles. The zero-order valence-electron chi connectivity index (χ0n) is 14.6. The van der Waals surface area contributed by atoms with E-state index in [1.54, 1.807) is 6.08 Å². The van der Waals surface area contributed by atoms with Crippen LogP contribution in [0.15, 0.2) is 53.4 Å². The average Bonchev–Trinajstić information content (AvgIpc) is 3.22. The molecule has 0 bridgehead atoms. The number of thioether (sulfide) groups is 1. The predicted molar refractivity (Wildman–Crippen MR) is 111 cm³/mol. The highest BCUT2D eigenvalue weighted by molar-refractivity contribution is 8.26. The number of cyclic esters (lactones) is 1. The summed E-state index contributed by atoms with van der Waals surface area (Å²) in [7, 11) is 0. The van der Waals surface area contributed by atoms with E-state index in [0.717, 1.165) is 16.9 Å². The Morgan fingerprint density at radius 1 is 1.11 bits per heavy atom. The minimum Gasteiger partial charge on any atom is -0.457 e. The van der Waals surface area contributed by atoms with Gasteiger partial charge in [0.25, 0.3) is 5.91 Å². The molecule has 1 unspecified atom stereocenters. The number of alkyl carbamates (subject to hydrolysis) is 1. The predicted octanol–water partition coefficient (Wildman–Crippen LogP) is 3.62. The van der Waals surface area contributed by atoms with Gasteiger partial charge in [0, 0.05) is 0 Å². The molecule has 28 heavy (non-hydrogen) atoms. The fourth-order valence-corrected chi connectivity index (χ4v) is 3.90. The second kappa shape index (κ2) is 8.04. The van der Waals surface area contributed by atoms with E-state index in [9.17, 15) is 9.59 Å². The van der Waals surface area contributed by atoms with E-state index in [1.165, 1.54) is 11.8 Å². The van der Waals surface area contributed by atoms with Crippen molar-refractivity contribution in [1.82, 2.24) is 10.6 Å². The van der Waals surface area contributed by atoms with Gasteiger partial charge in [-0.1, -0.05) is 48.2 Å². The molecule has 2 saturated heterocycles. The highest BCUT2D eigenvalue weighted by Crippen LogP contribution is 2.27. The molecular weight excluding hydrogens is 396 g/mol. The largest absolute Gasteiger partial charge is 0.457 e. The van der Waals surface area contributed by atoms with Crippen molar-refractivity contribution in [1.29, 1.82) is 0 Å². The van der Waals surface area contributed by atoms with Crippen LogP contribution >= 0.6 is 24.0 Å². The van der Waals surface area contributed by atoms with Gasteiger partial charge >= 0.3 is 6.09 Å². The number of amides is 2. The summed E-state index contributed by atoms with van der Waals surface area (Å²) in [5, 5.41) is 5.36. The first kappa shape index (κ1) is 18.5. The second-order valence-electron chi connectivity index (χ2n) is 6.31. The van der Waals surface area contributed by atoms with E-state index in [4.69, 9.17) is 21.7 Å². The number of nitrogens with one attached hydrogen (secondary N) is 2. The smallest absolute Gasteiger partial charge is 0.407 e. The van der Waals surface area contributed by atoms with Crippen molar-refractivity contribution in [3.05, 3.63) is 64.6 Å². The number of benzene rings is 2. The lowest BCUT2D eigenvalue weighted by Crippen LogP contribution is -2.28. The van der Waals surface area contributed by atoms with Crippen LogP contribution in [0.3, 0.4) is 0 Å². The summed E-state index contributed by atoms with van der Waals surface area (Å²) in [6.07, 6.45) is 2.15.